The van der Waals surface area contributed by atoms with Gasteiger partial charge in [-0.05, 0) is 31.0 Å². The van der Waals surface area contributed by atoms with Gasteiger partial charge in [0.1, 0.15) is 5.82 Å². The second-order valence-electron chi connectivity index (χ2n) is 4.50. The molecule has 1 fully saturated rings. The summed E-state index contributed by atoms with van der Waals surface area (Å²) in [5.74, 6) is 0.967. The van der Waals surface area contributed by atoms with Crippen LogP contribution in [-0.4, -0.2) is 23.0 Å². The second-order valence-corrected chi connectivity index (χ2v) is 4.50. The Bertz CT molecular complexity index is 606. The molecule has 1 aliphatic heterocycles. The summed E-state index contributed by atoms with van der Waals surface area (Å²) < 4.78 is 0. The number of benzene rings is 1. The van der Waals surface area contributed by atoms with Gasteiger partial charge in [-0.25, -0.2) is 4.98 Å². The van der Waals surface area contributed by atoms with E-state index in [1.54, 1.807) is 12.1 Å². The van der Waals surface area contributed by atoms with Gasteiger partial charge in [0, 0.05) is 30.6 Å². The Morgan fingerprint density at radius 3 is 2.67 bits per heavy atom. The summed E-state index contributed by atoms with van der Waals surface area (Å²) in [6, 6.07) is 8.63. The lowest BCUT2D eigenvalue weighted by molar-refractivity contribution is -0.384. The SMILES string of the molecule is O=[N+]([O-])c1ccc2nc(N3CCCC3)ccc2c1. The van der Waals surface area contributed by atoms with Crippen molar-refractivity contribution in [3.63, 3.8) is 0 Å². The molecule has 0 radical (unpaired) electrons. The highest BCUT2D eigenvalue weighted by molar-refractivity contribution is 5.82. The number of hydrogen-bond acceptors (Lipinski definition) is 4. The Balaban J connectivity index is 2.02. The lowest BCUT2D eigenvalue weighted by Crippen LogP contribution is -2.18. The molecule has 1 aliphatic rings. The van der Waals surface area contributed by atoms with E-state index in [0.29, 0.717) is 0 Å². The molecule has 18 heavy (non-hydrogen) atoms. The molecule has 2 aromatic rings. The number of hydrogen-bond donors (Lipinski definition) is 0. The van der Waals surface area contributed by atoms with E-state index >= 15 is 0 Å². The number of nitro groups is 1. The van der Waals surface area contributed by atoms with Gasteiger partial charge in [-0.1, -0.05) is 0 Å². The third kappa shape index (κ3) is 1.88. The first-order valence-electron chi connectivity index (χ1n) is 6.04. The van der Waals surface area contributed by atoms with E-state index in [1.165, 1.54) is 18.9 Å². The van der Waals surface area contributed by atoms with Gasteiger partial charge >= 0.3 is 0 Å². The molecule has 1 aromatic carbocycles. The molecule has 1 aromatic heterocycles. The van der Waals surface area contributed by atoms with Crippen molar-refractivity contribution in [3.05, 3.63) is 40.4 Å². The van der Waals surface area contributed by atoms with Gasteiger partial charge in [0.15, 0.2) is 0 Å². The van der Waals surface area contributed by atoms with Crippen LogP contribution in [0, 0.1) is 10.1 Å². The summed E-state index contributed by atoms with van der Waals surface area (Å²) in [5, 5.41) is 11.5. The van der Waals surface area contributed by atoms with Gasteiger partial charge in [0.2, 0.25) is 0 Å². The average molecular weight is 243 g/mol. The van der Waals surface area contributed by atoms with Gasteiger partial charge in [-0.15, -0.1) is 0 Å². The molecule has 0 bridgehead atoms. The fraction of sp³-hybridized carbons (Fsp3) is 0.308. The van der Waals surface area contributed by atoms with Crippen molar-refractivity contribution in [1.82, 2.24) is 4.98 Å². The second kappa shape index (κ2) is 4.25. The molecule has 5 nitrogen and oxygen atoms in total. The number of rotatable bonds is 2. The molecular weight excluding hydrogens is 230 g/mol. The Hall–Kier alpha value is -2.17. The van der Waals surface area contributed by atoms with Crippen molar-refractivity contribution < 1.29 is 4.92 Å². The van der Waals surface area contributed by atoms with E-state index in [4.69, 9.17) is 0 Å². The number of fused-ring (bicyclic) bond motifs is 1. The highest BCUT2D eigenvalue weighted by Gasteiger charge is 2.14. The lowest BCUT2D eigenvalue weighted by atomic mass is 10.2. The van der Waals surface area contributed by atoms with Crippen LogP contribution in [0.1, 0.15) is 12.8 Å². The molecule has 0 spiro atoms. The van der Waals surface area contributed by atoms with Crippen molar-refractivity contribution in [2.24, 2.45) is 0 Å². The molecule has 2 heterocycles. The van der Waals surface area contributed by atoms with Crippen LogP contribution in [0.2, 0.25) is 0 Å². The number of nitrogens with zero attached hydrogens (tertiary/aromatic N) is 3. The number of anilines is 1. The molecule has 0 saturated carbocycles. The van der Waals surface area contributed by atoms with Gasteiger partial charge in [-0.3, -0.25) is 10.1 Å². The lowest BCUT2D eigenvalue weighted by Gasteiger charge is -2.16. The van der Waals surface area contributed by atoms with E-state index in [0.717, 1.165) is 29.8 Å². The molecule has 3 rings (SSSR count). The first kappa shape index (κ1) is 11.0. The van der Waals surface area contributed by atoms with Crippen molar-refractivity contribution in [3.8, 4) is 0 Å². The summed E-state index contributed by atoms with van der Waals surface area (Å²) in [6.45, 7) is 2.09. The van der Waals surface area contributed by atoms with E-state index in [-0.39, 0.29) is 10.6 Å². The maximum atomic E-state index is 10.7. The minimum absolute atomic E-state index is 0.109. The fourth-order valence-electron chi connectivity index (χ4n) is 2.34. The Labute approximate surface area is 104 Å². The van der Waals surface area contributed by atoms with Crippen LogP contribution in [0.15, 0.2) is 30.3 Å². The summed E-state index contributed by atoms with van der Waals surface area (Å²) in [5.41, 5.74) is 0.920. The highest BCUT2D eigenvalue weighted by atomic mass is 16.6. The van der Waals surface area contributed by atoms with Gasteiger partial charge in [0.05, 0.1) is 10.4 Å². The van der Waals surface area contributed by atoms with E-state index in [9.17, 15) is 10.1 Å². The maximum absolute atomic E-state index is 10.7. The fourth-order valence-corrected chi connectivity index (χ4v) is 2.34. The van der Waals surface area contributed by atoms with Crippen LogP contribution in [0.25, 0.3) is 10.9 Å². The van der Waals surface area contributed by atoms with Crippen LogP contribution in [0.4, 0.5) is 11.5 Å². The topological polar surface area (TPSA) is 59.3 Å². The predicted molar refractivity (Wildman–Crippen MR) is 69.8 cm³/mol. The minimum Gasteiger partial charge on any atom is -0.357 e. The van der Waals surface area contributed by atoms with Crippen molar-refractivity contribution >= 4 is 22.4 Å². The number of aromatic nitrogens is 1. The zero-order chi connectivity index (χ0) is 12.5. The zero-order valence-corrected chi connectivity index (χ0v) is 9.87. The molecule has 0 aliphatic carbocycles. The summed E-state index contributed by atoms with van der Waals surface area (Å²) in [4.78, 5) is 17.1. The average Bonchev–Trinajstić information content (AvgIpc) is 2.91. The van der Waals surface area contributed by atoms with E-state index < -0.39 is 0 Å². The van der Waals surface area contributed by atoms with Crippen molar-refractivity contribution in [1.29, 1.82) is 0 Å². The zero-order valence-electron chi connectivity index (χ0n) is 9.87. The van der Waals surface area contributed by atoms with E-state index in [2.05, 4.69) is 9.88 Å². The molecule has 0 atom stereocenters. The summed E-state index contributed by atoms with van der Waals surface area (Å²) >= 11 is 0. The molecule has 92 valence electrons. The first-order valence-corrected chi connectivity index (χ1v) is 6.04. The molecular formula is C13H13N3O2. The summed E-state index contributed by atoms with van der Waals surface area (Å²) in [6.07, 6.45) is 2.42. The Morgan fingerprint density at radius 1 is 1.17 bits per heavy atom. The van der Waals surface area contributed by atoms with Crippen LogP contribution in [0.5, 0.6) is 0 Å². The standard InChI is InChI=1S/C13H13N3O2/c17-16(18)11-4-5-12-10(9-11)3-6-13(14-12)15-7-1-2-8-15/h3-6,9H,1-2,7-8H2. The Kier molecular flexibility index (Phi) is 2.59. The van der Waals surface area contributed by atoms with Crippen LogP contribution in [-0.2, 0) is 0 Å². The molecule has 0 unspecified atom stereocenters. The van der Waals surface area contributed by atoms with Crippen LogP contribution in [0.3, 0.4) is 0 Å². The molecule has 1 saturated heterocycles. The normalized spacial score (nSPS) is 15.2. The third-order valence-electron chi connectivity index (χ3n) is 3.30. The molecule has 0 amide bonds. The molecule has 5 heteroatoms. The highest BCUT2D eigenvalue weighted by Crippen LogP contribution is 2.24. The van der Waals surface area contributed by atoms with Crippen LogP contribution >= 0.6 is 0 Å². The Morgan fingerprint density at radius 2 is 1.94 bits per heavy atom. The van der Waals surface area contributed by atoms with Gasteiger partial charge in [-0.2, -0.15) is 0 Å². The predicted octanol–water partition coefficient (Wildman–Crippen LogP) is 2.74. The smallest absolute Gasteiger partial charge is 0.270 e. The number of non-ortho nitro benzene ring substituents is 1. The van der Waals surface area contributed by atoms with E-state index in [1.807, 2.05) is 12.1 Å². The van der Waals surface area contributed by atoms with Crippen molar-refractivity contribution in [2.75, 3.05) is 18.0 Å². The van der Waals surface area contributed by atoms with Crippen molar-refractivity contribution in [2.45, 2.75) is 12.8 Å². The number of nitro benzene ring substituents is 1. The minimum atomic E-state index is -0.381. The van der Waals surface area contributed by atoms with Crippen LogP contribution < -0.4 is 4.90 Å². The quantitative estimate of drug-likeness (QED) is 0.601. The number of pyridine rings is 1. The molecule has 0 N–H and O–H groups in total. The first-order chi connectivity index (χ1) is 8.74. The van der Waals surface area contributed by atoms with Gasteiger partial charge < -0.3 is 4.90 Å². The van der Waals surface area contributed by atoms with Gasteiger partial charge in [0.25, 0.3) is 5.69 Å². The monoisotopic (exact) mass is 243 g/mol. The third-order valence-corrected chi connectivity index (χ3v) is 3.30. The maximum Gasteiger partial charge on any atom is 0.270 e. The largest absolute Gasteiger partial charge is 0.357 e. The summed E-state index contributed by atoms with van der Waals surface area (Å²) in [7, 11) is 0.